The van der Waals surface area contributed by atoms with Gasteiger partial charge < -0.3 is 21.1 Å². The molecular formula is C28H32F5N5O2. The van der Waals surface area contributed by atoms with Crippen LogP contribution in [-0.4, -0.2) is 54.4 Å². The Kier molecular flexibility index (Phi) is 12.2. The van der Waals surface area contributed by atoms with Gasteiger partial charge in [0.1, 0.15) is 11.6 Å². The maximum absolute atomic E-state index is 15.1. The number of aliphatic hydroxyl groups is 1. The van der Waals surface area contributed by atoms with E-state index in [0.29, 0.717) is 12.6 Å². The Morgan fingerprint density at radius 1 is 1.25 bits per heavy atom. The number of nitrogens with two attached hydrogens (primary N) is 1. The topological polar surface area (TPSA) is 115 Å². The van der Waals surface area contributed by atoms with Crippen LogP contribution in [0.15, 0.2) is 41.5 Å². The van der Waals surface area contributed by atoms with Crippen LogP contribution < -0.4 is 11.1 Å². The van der Waals surface area contributed by atoms with Crippen molar-refractivity contribution in [2.75, 3.05) is 31.6 Å². The fourth-order valence-electron chi connectivity index (χ4n) is 4.18. The average molecular weight is 566 g/mol. The normalized spacial score (nSPS) is 14.9. The quantitative estimate of drug-likeness (QED) is 0.312. The van der Waals surface area contributed by atoms with Crippen molar-refractivity contribution in [3.8, 4) is 6.07 Å². The van der Waals surface area contributed by atoms with Gasteiger partial charge in [0, 0.05) is 48.9 Å². The number of nitriles is 1. The number of nitrogens with one attached hydrogen (secondary N) is 1. The van der Waals surface area contributed by atoms with Crippen molar-refractivity contribution in [1.29, 1.82) is 5.26 Å². The molecule has 1 amide bonds. The van der Waals surface area contributed by atoms with Crippen molar-refractivity contribution < 1.29 is 31.9 Å². The van der Waals surface area contributed by atoms with Gasteiger partial charge in [0.15, 0.2) is 0 Å². The molecule has 0 radical (unpaired) electrons. The first-order valence-corrected chi connectivity index (χ1v) is 12.7. The number of allylic oxidation sites excluding steroid dienone is 1. The van der Waals surface area contributed by atoms with Crippen molar-refractivity contribution in [2.24, 2.45) is 10.7 Å². The molecule has 0 spiro atoms. The van der Waals surface area contributed by atoms with Gasteiger partial charge in [-0.05, 0) is 36.6 Å². The van der Waals surface area contributed by atoms with Gasteiger partial charge >= 0.3 is 6.18 Å². The zero-order chi connectivity index (χ0) is 29.9. The van der Waals surface area contributed by atoms with Crippen LogP contribution in [-0.2, 0) is 17.4 Å². The Hall–Kier alpha value is -3.82. The molecule has 0 bridgehead atoms. The molecule has 4 N–H and O–H groups in total. The smallest absolute Gasteiger partial charge is 0.404 e. The largest absolute Gasteiger partial charge is 0.419 e. The lowest BCUT2D eigenvalue weighted by atomic mass is 9.99. The molecule has 0 saturated carbocycles. The fourth-order valence-corrected chi connectivity index (χ4v) is 4.18. The number of benzene rings is 2. The number of β-amino-alcohol motifs (C(OH)–C–C–N with tert-alkyl or cyclic N) is 1. The summed E-state index contributed by atoms with van der Waals surface area (Å²) in [7, 11) is 0. The van der Waals surface area contributed by atoms with E-state index in [4.69, 9.17) is 10.8 Å². The third-order valence-corrected chi connectivity index (χ3v) is 6.10. The molecule has 0 unspecified atom stereocenters. The van der Waals surface area contributed by atoms with Gasteiger partial charge in [0.25, 0.3) is 0 Å². The van der Waals surface area contributed by atoms with E-state index in [2.05, 4.69) is 15.2 Å². The molecule has 7 nitrogen and oxygen atoms in total. The van der Waals surface area contributed by atoms with E-state index in [9.17, 15) is 27.6 Å². The molecule has 2 aromatic rings. The molecule has 3 rings (SSSR count). The Labute approximate surface area is 229 Å². The second-order valence-corrected chi connectivity index (χ2v) is 8.69. The number of carbonyl (C=O) groups is 1. The summed E-state index contributed by atoms with van der Waals surface area (Å²) in [6, 6.07) is 6.51. The third-order valence-electron chi connectivity index (χ3n) is 6.10. The van der Waals surface area contributed by atoms with Crippen molar-refractivity contribution in [3.05, 3.63) is 70.4 Å². The van der Waals surface area contributed by atoms with E-state index >= 15 is 4.39 Å². The number of hydrogen-bond acceptors (Lipinski definition) is 6. The van der Waals surface area contributed by atoms with E-state index in [1.54, 1.807) is 0 Å². The highest BCUT2D eigenvalue weighted by atomic mass is 19.4. The molecule has 1 aliphatic rings. The van der Waals surface area contributed by atoms with Crippen molar-refractivity contribution in [2.45, 2.75) is 45.3 Å². The third kappa shape index (κ3) is 8.59. The Morgan fingerprint density at radius 2 is 1.93 bits per heavy atom. The first kappa shape index (κ1) is 32.4. The van der Waals surface area contributed by atoms with Gasteiger partial charge in [-0.15, -0.1) is 0 Å². The van der Waals surface area contributed by atoms with Crippen LogP contribution >= 0.6 is 0 Å². The predicted molar refractivity (Wildman–Crippen MR) is 143 cm³/mol. The average Bonchev–Trinajstić information content (AvgIpc) is 2.92. The monoisotopic (exact) mass is 565 g/mol. The van der Waals surface area contributed by atoms with Crippen LogP contribution in [0.1, 0.15) is 48.9 Å². The van der Waals surface area contributed by atoms with Crippen LogP contribution in [0.25, 0.3) is 5.57 Å². The van der Waals surface area contributed by atoms with Crippen LogP contribution in [0.4, 0.5) is 27.6 Å². The summed E-state index contributed by atoms with van der Waals surface area (Å²) >= 11 is 0. The van der Waals surface area contributed by atoms with E-state index in [0.717, 1.165) is 50.3 Å². The van der Waals surface area contributed by atoms with Gasteiger partial charge in [-0.3, -0.25) is 9.79 Å². The molecule has 40 heavy (non-hydrogen) atoms. The molecule has 1 aliphatic heterocycles. The van der Waals surface area contributed by atoms with E-state index < -0.39 is 41.3 Å². The van der Waals surface area contributed by atoms with Gasteiger partial charge in [-0.2, -0.15) is 18.4 Å². The zero-order valence-corrected chi connectivity index (χ0v) is 22.2. The van der Waals surface area contributed by atoms with Crippen molar-refractivity contribution >= 4 is 23.4 Å². The van der Waals surface area contributed by atoms with Crippen molar-refractivity contribution in [1.82, 2.24) is 4.90 Å². The number of anilines is 1. The number of rotatable bonds is 8. The molecule has 0 aliphatic carbocycles. The standard InChI is InChI=1S/C26H26F5N5O2.C2H6/c27-22-12-20(35-23(38)11-16-2-1-3-21(25(16)28)26(29,30)31)10-17(13-32)24(22)18(14-33)15-34-19-4-6-36(7-5-19)8-9-37;1-2/h1-3,10,12,14-15,19,37H,4-9,11,33H2,(H,35,38);1-2H3/b18-14+,34-15?;. The SMILES string of the molecule is CC.N#Cc1cc(NC(=O)Cc2cccc(C(F)(F)F)c2F)cc(F)c1/C(C=NC1CCN(CCO)CC1)=C/N. The number of piperidine rings is 1. The van der Waals surface area contributed by atoms with Crippen LogP contribution in [0.3, 0.4) is 0 Å². The summed E-state index contributed by atoms with van der Waals surface area (Å²) in [6.07, 6.45) is -1.69. The summed E-state index contributed by atoms with van der Waals surface area (Å²) in [6.45, 7) is 6.16. The lowest BCUT2D eigenvalue weighted by Gasteiger charge is -2.29. The highest BCUT2D eigenvalue weighted by Gasteiger charge is 2.35. The Bertz CT molecular complexity index is 1260. The maximum Gasteiger partial charge on any atom is 0.419 e. The number of hydrogen-bond donors (Lipinski definition) is 3. The lowest BCUT2D eigenvalue weighted by molar-refractivity contribution is -0.140. The number of aliphatic imine (C=N–C) groups is 1. The molecule has 216 valence electrons. The summed E-state index contributed by atoms with van der Waals surface area (Å²) in [5.41, 5.74) is 3.44. The minimum absolute atomic E-state index is 0.0386. The molecule has 12 heteroatoms. The minimum Gasteiger partial charge on any atom is -0.404 e. The maximum atomic E-state index is 15.1. The van der Waals surface area contributed by atoms with Gasteiger partial charge in [0.05, 0.1) is 36.3 Å². The van der Waals surface area contributed by atoms with E-state index in [1.165, 1.54) is 12.3 Å². The summed E-state index contributed by atoms with van der Waals surface area (Å²) in [5.74, 6) is -3.35. The minimum atomic E-state index is -4.92. The van der Waals surface area contributed by atoms with E-state index in [-0.39, 0.29) is 35.0 Å². The zero-order valence-electron chi connectivity index (χ0n) is 22.2. The first-order chi connectivity index (χ1) is 19.1. The molecule has 0 aromatic heterocycles. The number of alkyl halides is 3. The second kappa shape index (κ2) is 15.1. The summed E-state index contributed by atoms with van der Waals surface area (Å²) in [5, 5.41) is 20.9. The molecule has 2 aromatic carbocycles. The number of aliphatic hydroxyl groups excluding tert-OH is 1. The highest BCUT2D eigenvalue weighted by molar-refractivity contribution is 6.11. The molecule has 1 heterocycles. The molecular weight excluding hydrogens is 533 g/mol. The lowest BCUT2D eigenvalue weighted by Crippen LogP contribution is -2.37. The number of halogens is 5. The predicted octanol–water partition coefficient (Wildman–Crippen LogP) is 4.89. The van der Waals surface area contributed by atoms with Crippen LogP contribution in [0, 0.1) is 23.0 Å². The molecule has 1 saturated heterocycles. The number of carbonyl (C=O) groups excluding carboxylic acids is 1. The van der Waals surface area contributed by atoms with E-state index in [1.807, 2.05) is 19.9 Å². The Balaban J connectivity index is 0.00000274. The van der Waals surface area contributed by atoms with Gasteiger partial charge in [-0.25, -0.2) is 8.78 Å². The summed E-state index contributed by atoms with van der Waals surface area (Å²) in [4.78, 5) is 19.0. The number of nitrogens with zero attached hydrogens (tertiary/aromatic N) is 3. The molecule has 0 atom stereocenters. The van der Waals surface area contributed by atoms with Crippen molar-refractivity contribution in [3.63, 3.8) is 0 Å². The molecule has 1 fully saturated rings. The van der Waals surface area contributed by atoms with Gasteiger partial charge in [0.2, 0.25) is 5.91 Å². The first-order valence-electron chi connectivity index (χ1n) is 12.7. The number of likely N-dealkylation sites (tertiary alicyclic amines) is 1. The second-order valence-electron chi connectivity index (χ2n) is 8.69. The number of amides is 1. The summed E-state index contributed by atoms with van der Waals surface area (Å²) < 4.78 is 68.1. The van der Waals surface area contributed by atoms with Crippen LogP contribution in [0.2, 0.25) is 0 Å². The van der Waals surface area contributed by atoms with Gasteiger partial charge in [-0.1, -0.05) is 26.0 Å². The highest BCUT2D eigenvalue weighted by Crippen LogP contribution is 2.32. The van der Waals surface area contributed by atoms with Crippen LogP contribution in [0.5, 0.6) is 0 Å². The Morgan fingerprint density at radius 3 is 2.50 bits per heavy atom. The fraction of sp³-hybridized carbons (Fsp3) is 0.393.